The largest absolute Gasteiger partial charge is 0.453 e. The molecule has 33 heavy (non-hydrogen) atoms. The summed E-state index contributed by atoms with van der Waals surface area (Å²) in [4.78, 5) is 3.90. The molecule has 0 radical (unpaired) electrons. The highest BCUT2D eigenvalue weighted by molar-refractivity contribution is 5.64. The summed E-state index contributed by atoms with van der Waals surface area (Å²) in [6.45, 7) is 0. The number of hydrogen-bond acceptors (Lipinski definition) is 5. The predicted octanol–water partition coefficient (Wildman–Crippen LogP) is 5.33. The normalized spacial score (nSPS) is 13.7. The molecule has 0 aromatic heterocycles. The van der Waals surface area contributed by atoms with Gasteiger partial charge in [-0.2, -0.15) is 10.5 Å². The van der Waals surface area contributed by atoms with Crippen molar-refractivity contribution < 1.29 is 4.74 Å². The lowest BCUT2D eigenvalue weighted by Gasteiger charge is -2.28. The van der Waals surface area contributed by atoms with Crippen LogP contribution in [0.4, 0.5) is 0 Å². The van der Waals surface area contributed by atoms with Crippen LogP contribution in [0.5, 0.6) is 0 Å². The minimum absolute atomic E-state index is 0.0314. The van der Waals surface area contributed by atoms with Crippen molar-refractivity contribution in [2.24, 2.45) is 0 Å². The highest BCUT2D eigenvalue weighted by atomic mass is 16.5. The molecule has 5 nitrogen and oxygen atoms in total. The molecular formula is C28H26N4O. The summed E-state index contributed by atoms with van der Waals surface area (Å²) < 4.78 is 6.40. The van der Waals surface area contributed by atoms with E-state index in [0.29, 0.717) is 17.1 Å². The number of allylic oxidation sites excluding steroid dienone is 4. The molecule has 2 aromatic carbocycles. The minimum atomic E-state index is 0.0314. The van der Waals surface area contributed by atoms with Crippen molar-refractivity contribution in [3.8, 4) is 12.1 Å². The predicted molar refractivity (Wildman–Crippen MR) is 132 cm³/mol. The number of nitrogens with zero attached hydrogens (tertiary/aromatic N) is 4. The Morgan fingerprint density at radius 2 is 1.09 bits per heavy atom. The summed E-state index contributed by atoms with van der Waals surface area (Å²) in [5.41, 5.74) is 4.21. The number of benzene rings is 2. The third-order valence-electron chi connectivity index (χ3n) is 4.98. The van der Waals surface area contributed by atoms with Crippen LogP contribution >= 0.6 is 0 Å². The fraction of sp³-hybridized carbons (Fsp3) is 0.143. The van der Waals surface area contributed by atoms with Gasteiger partial charge in [0, 0.05) is 33.8 Å². The van der Waals surface area contributed by atoms with E-state index in [2.05, 4.69) is 0 Å². The van der Waals surface area contributed by atoms with Crippen LogP contribution in [0.2, 0.25) is 0 Å². The lowest BCUT2D eigenvalue weighted by atomic mass is 10.0. The maximum atomic E-state index is 9.54. The second kappa shape index (κ2) is 10.7. The molecular weight excluding hydrogens is 408 g/mol. The number of hydrogen-bond donors (Lipinski definition) is 0. The van der Waals surface area contributed by atoms with Gasteiger partial charge in [-0.1, -0.05) is 60.7 Å². The zero-order valence-corrected chi connectivity index (χ0v) is 19.3. The number of likely N-dealkylation sites (N-methyl/N-ethyl adjacent to an activating group) is 2. The molecule has 0 atom stereocenters. The van der Waals surface area contributed by atoms with Crippen molar-refractivity contribution in [3.63, 3.8) is 0 Å². The molecule has 0 saturated heterocycles. The Balaban J connectivity index is 2.17. The minimum Gasteiger partial charge on any atom is -0.453 e. The van der Waals surface area contributed by atoms with Gasteiger partial charge in [0.2, 0.25) is 0 Å². The van der Waals surface area contributed by atoms with E-state index in [1.165, 1.54) is 0 Å². The molecule has 1 heterocycles. The van der Waals surface area contributed by atoms with E-state index < -0.39 is 0 Å². The average molecular weight is 435 g/mol. The SMILES string of the molecule is CN(C)C(=Cc1ccccc1)C1=CC(=C(C#N)C#N)C=C(C(=Cc2ccccc2)N(C)C)O1. The van der Waals surface area contributed by atoms with Crippen molar-refractivity contribution in [1.29, 1.82) is 10.5 Å². The van der Waals surface area contributed by atoms with Gasteiger partial charge in [0.15, 0.2) is 11.5 Å². The summed E-state index contributed by atoms with van der Waals surface area (Å²) in [6, 6.07) is 23.9. The first-order valence-corrected chi connectivity index (χ1v) is 10.5. The van der Waals surface area contributed by atoms with Crippen LogP contribution in [-0.2, 0) is 4.74 Å². The van der Waals surface area contributed by atoms with Crippen LogP contribution in [0.1, 0.15) is 11.1 Å². The summed E-state index contributed by atoms with van der Waals surface area (Å²) in [5, 5.41) is 19.1. The second-order valence-electron chi connectivity index (χ2n) is 7.84. The topological polar surface area (TPSA) is 63.3 Å². The zero-order chi connectivity index (χ0) is 23.8. The van der Waals surface area contributed by atoms with Gasteiger partial charge in [-0.05, 0) is 35.4 Å². The molecule has 0 fully saturated rings. The smallest absolute Gasteiger partial charge is 0.151 e. The Labute approximate surface area is 195 Å². The van der Waals surface area contributed by atoms with Gasteiger partial charge in [0.25, 0.3) is 0 Å². The molecule has 0 aliphatic carbocycles. The number of ether oxygens (including phenoxy) is 1. The van der Waals surface area contributed by atoms with Crippen molar-refractivity contribution in [1.82, 2.24) is 9.80 Å². The fourth-order valence-corrected chi connectivity index (χ4v) is 3.31. The molecule has 5 heteroatoms. The molecule has 0 spiro atoms. The van der Waals surface area contributed by atoms with Gasteiger partial charge in [0.1, 0.15) is 17.7 Å². The Kier molecular flexibility index (Phi) is 7.52. The van der Waals surface area contributed by atoms with Crippen LogP contribution in [0, 0.1) is 22.7 Å². The molecule has 164 valence electrons. The Morgan fingerprint density at radius 1 is 0.697 bits per heavy atom. The maximum absolute atomic E-state index is 9.54. The van der Waals surface area contributed by atoms with Crippen LogP contribution in [0.3, 0.4) is 0 Å². The lowest BCUT2D eigenvalue weighted by molar-refractivity contribution is 0.278. The molecule has 2 aromatic rings. The molecule has 1 aliphatic rings. The first-order valence-electron chi connectivity index (χ1n) is 10.5. The Hall–Kier alpha value is -4.48. The third kappa shape index (κ3) is 5.81. The molecule has 0 bridgehead atoms. The van der Waals surface area contributed by atoms with E-state index in [1.54, 1.807) is 12.2 Å². The third-order valence-corrected chi connectivity index (χ3v) is 4.98. The van der Waals surface area contributed by atoms with Gasteiger partial charge in [-0.3, -0.25) is 0 Å². The quantitative estimate of drug-likeness (QED) is 0.575. The summed E-state index contributed by atoms with van der Waals surface area (Å²) >= 11 is 0. The summed E-state index contributed by atoms with van der Waals surface area (Å²) in [7, 11) is 7.73. The average Bonchev–Trinajstić information content (AvgIpc) is 2.82. The second-order valence-corrected chi connectivity index (χ2v) is 7.84. The molecule has 1 aliphatic heterocycles. The number of rotatable bonds is 6. The van der Waals surface area contributed by atoms with Crippen LogP contribution < -0.4 is 0 Å². The van der Waals surface area contributed by atoms with E-state index in [9.17, 15) is 10.5 Å². The van der Waals surface area contributed by atoms with E-state index in [4.69, 9.17) is 4.74 Å². The van der Waals surface area contributed by atoms with Crippen molar-refractivity contribution in [2.45, 2.75) is 0 Å². The van der Waals surface area contributed by atoms with Gasteiger partial charge >= 0.3 is 0 Å². The van der Waals surface area contributed by atoms with Crippen LogP contribution in [0.15, 0.2) is 107 Å². The molecule has 0 unspecified atom stereocenters. The first kappa shape index (κ1) is 23.2. The highest BCUT2D eigenvalue weighted by Gasteiger charge is 2.22. The fourth-order valence-electron chi connectivity index (χ4n) is 3.31. The highest BCUT2D eigenvalue weighted by Crippen LogP contribution is 2.32. The van der Waals surface area contributed by atoms with E-state index in [1.807, 2.05) is 123 Å². The summed E-state index contributed by atoms with van der Waals surface area (Å²) in [5.74, 6) is 1.11. The Bertz CT molecular complexity index is 1140. The molecule has 0 N–H and O–H groups in total. The van der Waals surface area contributed by atoms with Crippen molar-refractivity contribution in [2.75, 3.05) is 28.2 Å². The van der Waals surface area contributed by atoms with Crippen LogP contribution in [0.25, 0.3) is 12.2 Å². The van der Waals surface area contributed by atoms with Gasteiger partial charge in [0.05, 0.1) is 11.4 Å². The van der Waals surface area contributed by atoms with Gasteiger partial charge in [-0.25, -0.2) is 0 Å². The zero-order valence-electron chi connectivity index (χ0n) is 19.3. The van der Waals surface area contributed by atoms with Crippen LogP contribution in [-0.4, -0.2) is 38.0 Å². The van der Waals surface area contributed by atoms with E-state index in [-0.39, 0.29) is 5.57 Å². The van der Waals surface area contributed by atoms with Crippen molar-refractivity contribution in [3.05, 3.63) is 118 Å². The Morgan fingerprint density at radius 3 is 1.42 bits per heavy atom. The molecule has 0 saturated carbocycles. The molecule has 0 amide bonds. The van der Waals surface area contributed by atoms with Gasteiger partial charge in [-0.15, -0.1) is 0 Å². The van der Waals surface area contributed by atoms with Gasteiger partial charge < -0.3 is 14.5 Å². The van der Waals surface area contributed by atoms with Crippen molar-refractivity contribution >= 4 is 12.2 Å². The maximum Gasteiger partial charge on any atom is 0.151 e. The molecule has 3 rings (SSSR count). The van der Waals surface area contributed by atoms with E-state index in [0.717, 1.165) is 22.5 Å². The monoisotopic (exact) mass is 434 g/mol. The van der Waals surface area contributed by atoms with E-state index >= 15 is 0 Å². The summed E-state index contributed by atoms with van der Waals surface area (Å²) in [6.07, 6.45) is 7.52. The first-order chi connectivity index (χ1) is 15.9. The standard InChI is InChI=1S/C28H26N4O/c1-31(2)25(15-21-11-7-5-8-12-21)27-17-23(24(19-29)20-30)18-28(33-27)26(32(3)4)16-22-13-9-6-10-14-22/h5-18H,1-4H3. The number of nitriles is 2. The lowest BCUT2D eigenvalue weighted by Crippen LogP contribution is -2.20.